The third kappa shape index (κ3) is 7.55. The zero-order valence-electron chi connectivity index (χ0n) is 38.6. The molecule has 2 saturated heterocycles. The molecule has 0 unspecified atom stereocenters. The molecule has 0 bridgehead atoms. The highest BCUT2D eigenvalue weighted by Crippen LogP contribution is 2.48. The van der Waals surface area contributed by atoms with Crippen LogP contribution in [0.25, 0.3) is 87.0 Å². The lowest BCUT2D eigenvalue weighted by molar-refractivity contribution is -0.208. The van der Waals surface area contributed by atoms with E-state index < -0.39 is 52.5 Å². The molecule has 14 rings (SSSR count). The van der Waals surface area contributed by atoms with E-state index in [2.05, 4.69) is 121 Å². The van der Waals surface area contributed by atoms with Gasteiger partial charge in [0.2, 0.25) is 0 Å². The SMILES string of the molecule is c1ccc2c(c1)ccc1op(O[C@@H]([C@H](Op3oc4ccc5ccccc5c4c4c(ccc5ccccc54)o3)[C@H]3COC4(CCCCC4)O3)[C@H]3COC4(CCCCC4)O3)oc3ccc4ccccc4c3c12. The summed E-state index contributed by atoms with van der Waals surface area (Å²) in [5.74, 6) is -1.47. The molecule has 0 N–H and O–H groups in total. The van der Waals surface area contributed by atoms with Gasteiger partial charge in [0.05, 0.1) is 13.2 Å². The Morgan fingerprint density at radius 1 is 0.371 bits per heavy atom. The second kappa shape index (κ2) is 17.6. The van der Waals surface area contributed by atoms with E-state index in [0.29, 0.717) is 22.3 Å². The average molecular weight is 971 g/mol. The number of ether oxygens (including phenoxy) is 4. The van der Waals surface area contributed by atoms with Crippen molar-refractivity contribution in [2.75, 3.05) is 13.2 Å². The van der Waals surface area contributed by atoms with Crippen LogP contribution in [0.15, 0.2) is 162 Å². The standard InChI is InChI=1S/C58H52O10P2/c1-11-31-57(32-12-1)59-35-49(61-57)55(67-69-63-45-27-23-37-15-3-7-19-41(37)51(45)52-42-20-8-4-16-38(42)24-28-46(52)64-69)56(50-36-60-58(62-50)33-13-2-14-34-58)68-70-65-47-29-25-39-17-5-9-21-43(39)53(47)54-44-22-10-6-18-40(44)26-30-48(54)66-70/h3-10,15-30,49-50,55-56H,1-2,11-14,31-36H2/t49-,50-,55-,56-/m1/s1. The largest absolute Gasteiger partial charge is 0.399 e. The molecule has 2 aromatic heterocycles. The maximum atomic E-state index is 7.46. The Bertz CT molecular complexity index is 3280. The monoisotopic (exact) mass is 970 g/mol. The maximum absolute atomic E-state index is 7.46. The van der Waals surface area contributed by atoms with Crippen LogP contribution >= 0.6 is 16.5 Å². The number of fused-ring (bicyclic) bond motifs is 14. The van der Waals surface area contributed by atoms with E-state index in [9.17, 15) is 0 Å². The molecule has 0 radical (unpaired) electrons. The van der Waals surface area contributed by atoms with Crippen molar-refractivity contribution in [3.8, 4) is 0 Å². The molecule has 2 aliphatic carbocycles. The molecule has 2 saturated carbocycles. The van der Waals surface area contributed by atoms with Crippen LogP contribution in [0.3, 0.4) is 0 Å². The molecule has 70 heavy (non-hydrogen) atoms. The molecule has 2 spiro atoms. The van der Waals surface area contributed by atoms with E-state index in [0.717, 1.165) is 129 Å². The molecule has 4 fully saturated rings. The Balaban J connectivity index is 0.982. The Hall–Kier alpha value is -5.64. The van der Waals surface area contributed by atoms with Gasteiger partial charge >= 0.3 is 16.5 Å². The Morgan fingerprint density at radius 3 is 0.986 bits per heavy atom. The molecule has 10 aromatic rings. The highest BCUT2D eigenvalue weighted by Gasteiger charge is 2.54. The van der Waals surface area contributed by atoms with Crippen LogP contribution in [0.2, 0.25) is 0 Å². The van der Waals surface area contributed by atoms with Crippen molar-refractivity contribution in [3.05, 3.63) is 146 Å². The van der Waals surface area contributed by atoms with E-state index in [1.807, 2.05) is 24.3 Å². The zero-order valence-corrected chi connectivity index (χ0v) is 40.4. The van der Waals surface area contributed by atoms with Gasteiger partial charge in [-0.05, 0) is 93.0 Å². The summed E-state index contributed by atoms with van der Waals surface area (Å²) in [4.78, 5) is 0. The topological polar surface area (TPSA) is 108 Å². The lowest BCUT2D eigenvalue weighted by Crippen LogP contribution is -2.53. The van der Waals surface area contributed by atoms with Gasteiger partial charge < -0.3 is 35.7 Å². The Labute approximate surface area is 405 Å². The fraction of sp³-hybridized carbons (Fsp3) is 0.310. The van der Waals surface area contributed by atoms with Gasteiger partial charge in [0.15, 0.2) is 11.6 Å². The fourth-order valence-corrected chi connectivity index (χ4v) is 14.3. The predicted molar refractivity (Wildman–Crippen MR) is 277 cm³/mol. The molecular formula is C58H52O10P2. The quantitative estimate of drug-likeness (QED) is 0.153. The van der Waals surface area contributed by atoms with Crippen LogP contribution in [0.1, 0.15) is 64.2 Å². The summed E-state index contributed by atoms with van der Waals surface area (Å²) in [5, 5.41) is 12.5. The van der Waals surface area contributed by atoms with Crippen molar-refractivity contribution in [1.29, 1.82) is 0 Å². The van der Waals surface area contributed by atoms with Crippen molar-refractivity contribution < 1.29 is 44.8 Å². The Kier molecular flexibility index (Phi) is 10.8. The minimum absolute atomic E-state index is 0.276. The summed E-state index contributed by atoms with van der Waals surface area (Å²) in [6.45, 7) is 0.552. The fourth-order valence-electron chi connectivity index (χ4n) is 11.8. The first-order valence-corrected chi connectivity index (χ1v) is 27.1. The summed E-state index contributed by atoms with van der Waals surface area (Å²) in [7, 11) is -4.35. The van der Waals surface area contributed by atoms with Crippen molar-refractivity contribution in [2.24, 2.45) is 0 Å². The third-order valence-corrected chi connectivity index (χ3v) is 17.4. The second-order valence-corrected chi connectivity index (χ2v) is 21.5. The highest BCUT2D eigenvalue weighted by atomic mass is 31.1. The summed E-state index contributed by atoms with van der Waals surface area (Å²) in [5.41, 5.74) is 2.66. The molecule has 4 aliphatic rings. The smallest absolute Gasteiger partial charge is 0.387 e. The maximum Gasteiger partial charge on any atom is 0.387 e. The van der Waals surface area contributed by atoms with E-state index in [1.165, 1.54) is 0 Å². The zero-order chi connectivity index (χ0) is 46.2. The average Bonchev–Trinajstić information content (AvgIpc) is 3.90. The van der Waals surface area contributed by atoms with Gasteiger partial charge in [-0.25, -0.2) is 0 Å². The number of hydrogen-bond donors (Lipinski definition) is 0. The lowest BCUT2D eigenvalue weighted by atomic mass is 9.94. The number of benzene rings is 8. The highest BCUT2D eigenvalue weighted by molar-refractivity contribution is 7.32. The van der Waals surface area contributed by atoms with Crippen LogP contribution < -0.4 is 9.05 Å². The third-order valence-electron chi connectivity index (χ3n) is 15.2. The first kappa shape index (κ1) is 43.2. The minimum atomic E-state index is -2.18. The van der Waals surface area contributed by atoms with E-state index in [1.54, 1.807) is 0 Å². The molecule has 0 amide bonds. The molecule has 4 heterocycles. The van der Waals surface area contributed by atoms with Gasteiger partial charge in [0.1, 0.15) is 46.7 Å². The summed E-state index contributed by atoms with van der Waals surface area (Å²) in [6.07, 6.45) is 6.60. The van der Waals surface area contributed by atoms with Crippen LogP contribution in [-0.2, 0) is 18.9 Å². The van der Waals surface area contributed by atoms with Gasteiger partial charge in [-0.2, -0.15) is 0 Å². The molecule has 10 nitrogen and oxygen atoms in total. The normalized spacial score (nSPS) is 21.0. The molecular weight excluding hydrogens is 919 g/mol. The van der Waals surface area contributed by atoms with E-state index in [-0.39, 0.29) is 13.2 Å². The molecule has 8 aromatic carbocycles. The van der Waals surface area contributed by atoms with E-state index >= 15 is 0 Å². The minimum Gasteiger partial charge on any atom is -0.399 e. The van der Waals surface area contributed by atoms with Crippen LogP contribution in [0.4, 0.5) is 0 Å². The van der Waals surface area contributed by atoms with Gasteiger partial charge in [0.25, 0.3) is 0 Å². The summed E-state index contributed by atoms with van der Waals surface area (Å²) < 4.78 is 71.0. The molecule has 354 valence electrons. The molecule has 2 aliphatic heterocycles. The van der Waals surface area contributed by atoms with Crippen molar-refractivity contribution >= 4 is 103 Å². The Morgan fingerprint density at radius 2 is 0.671 bits per heavy atom. The van der Waals surface area contributed by atoms with Gasteiger partial charge in [0, 0.05) is 47.2 Å². The van der Waals surface area contributed by atoms with Crippen molar-refractivity contribution in [3.63, 3.8) is 0 Å². The van der Waals surface area contributed by atoms with Crippen molar-refractivity contribution in [1.82, 2.24) is 0 Å². The summed E-state index contributed by atoms with van der Waals surface area (Å²) >= 11 is 0. The lowest BCUT2D eigenvalue weighted by Gasteiger charge is -2.36. The van der Waals surface area contributed by atoms with Crippen LogP contribution in [0, 0.1) is 0 Å². The van der Waals surface area contributed by atoms with Gasteiger partial charge in [-0.3, -0.25) is 9.05 Å². The van der Waals surface area contributed by atoms with Gasteiger partial charge in [-0.15, -0.1) is 0 Å². The van der Waals surface area contributed by atoms with E-state index in [4.69, 9.17) is 44.8 Å². The predicted octanol–water partition coefficient (Wildman–Crippen LogP) is 16.0. The molecule has 12 heteroatoms. The number of hydrogen-bond acceptors (Lipinski definition) is 10. The second-order valence-electron chi connectivity index (χ2n) is 19.5. The van der Waals surface area contributed by atoms with Crippen LogP contribution in [0.5, 0.6) is 0 Å². The van der Waals surface area contributed by atoms with Crippen LogP contribution in [-0.4, -0.2) is 49.2 Å². The first-order chi connectivity index (χ1) is 34.6. The summed E-state index contributed by atoms with van der Waals surface area (Å²) in [6, 6.07) is 50.2. The first-order valence-electron chi connectivity index (χ1n) is 24.9. The molecule has 4 atom stereocenters. The number of rotatable bonds is 7. The van der Waals surface area contributed by atoms with Crippen molar-refractivity contribution in [2.45, 2.75) is 100 Å². The van der Waals surface area contributed by atoms with Gasteiger partial charge in [-0.1, -0.05) is 134 Å².